The van der Waals surface area contributed by atoms with Gasteiger partial charge in [-0.15, -0.1) is 0 Å². The number of carbonyl (C=O) groups excluding carboxylic acids is 2. The number of nitrogens with one attached hydrogen (secondary N) is 1. The van der Waals surface area contributed by atoms with Crippen LogP contribution in [-0.2, 0) is 14.3 Å². The van der Waals surface area contributed by atoms with E-state index in [1.165, 1.54) is 18.2 Å². The molecule has 0 aromatic heterocycles. The number of Topliss-reactive ketones (excluding diaryl/α,β-unsaturated/α-hetero) is 1. The van der Waals surface area contributed by atoms with Crippen molar-refractivity contribution in [2.75, 3.05) is 14.2 Å². The van der Waals surface area contributed by atoms with Crippen LogP contribution in [-0.4, -0.2) is 37.0 Å². The molecule has 0 fully saturated rings. The number of hydrogen-bond acceptors (Lipinski definition) is 8. The summed E-state index contributed by atoms with van der Waals surface area (Å²) in [6.45, 7) is 5.18. The van der Waals surface area contributed by atoms with Gasteiger partial charge in [0.2, 0.25) is 0 Å². The van der Waals surface area contributed by atoms with Gasteiger partial charge in [-0.1, -0.05) is 17.7 Å². The number of halogens is 1. The van der Waals surface area contributed by atoms with E-state index in [-0.39, 0.29) is 34.4 Å². The highest BCUT2D eigenvalue weighted by molar-refractivity contribution is 6.31. The first-order chi connectivity index (χ1) is 18.0. The van der Waals surface area contributed by atoms with Gasteiger partial charge in [0.05, 0.1) is 30.8 Å². The molecule has 2 aromatic carbocycles. The third-order valence-electron chi connectivity index (χ3n) is 6.77. The second-order valence-corrected chi connectivity index (χ2v) is 9.96. The predicted molar refractivity (Wildman–Crippen MR) is 141 cm³/mol. The van der Waals surface area contributed by atoms with Crippen LogP contribution < -0.4 is 14.8 Å². The molecule has 4 rings (SSSR count). The molecule has 2 atom stereocenters. The van der Waals surface area contributed by atoms with Crippen LogP contribution in [0, 0.1) is 10.1 Å². The van der Waals surface area contributed by atoms with Crippen molar-refractivity contribution in [3.05, 3.63) is 85.2 Å². The Morgan fingerprint density at radius 3 is 2.45 bits per heavy atom. The maximum atomic E-state index is 13.8. The Balaban J connectivity index is 1.84. The zero-order valence-corrected chi connectivity index (χ0v) is 22.5. The summed E-state index contributed by atoms with van der Waals surface area (Å²) in [7, 11) is 3.11. The molecule has 0 unspecified atom stereocenters. The smallest absolute Gasteiger partial charge is 0.337 e. The molecule has 1 aliphatic carbocycles. The van der Waals surface area contributed by atoms with Gasteiger partial charge in [-0.3, -0.25) is 14.9 Å². The van der Waals surface area contributed by atoms with Crippen molar-refractivity contribution in [2.45, 2.75) is 51.6 Å². The molecule has 0 saturated heterocycles. The molecule has 0 saturated carbocycles. The Bertz CT molecular complexity index is 1380. The number of carbonyl (C=O) groups is 2. The quantitative estimate of drug-likeness (QED) is 0.275. The van der Waals surface area contributed by atoms with Crippen LogP contribution in [0.5, 0.6) is 11.5 Å². The third-order valence-corrected chi connectivity index (χ3v) is 7.11. The number of nitro groups is 1. The summed E-state index contributed by atoms with van der Waals surface area (Å²) in [4.78, 5) is 38.1. The fourth-order valence-corrected chi connectivity index (χ4v) is 5.33. The number of ketones is 1. The first kappa shape index (κ1) is 27.2. The van der Waals surface area contributed by atoms with Gasteiger partial charge in [-0.25, -0.2) is 4.79 Å². The number of esters is 1. The summed E-state index contributed by atoms with van der Waals surface area (Å²) >= 11 is 6.55. The molecule has 0 radical (unpaired) electrons. The number of benzene rings is 2. The number of ether oxygens (including phenoxy) is 3. The van der Waals surface area contributed by atoms with Gasteiger partial charge >= 0.3 is 5.97 Å². The molecule has 38 heavy (non-hydrogen) atoms. The van der Waals surface area contributed by atoms with Crippen LogP contribution in [0.3, 0.4) is 0 Å². The number of allylic oxidation sites excluding steroid dienone is 3. The van der Waals surface area contributed by atoms with Crippen LogP contribution >= 0.6 is 11.6 Å². The van der Waals surface area contributed by atoms with Crippen molar-refractivity contribution in [3.63, 3.8) is 0 Å². The lowest BCUT2D eigenvalue weighted by Crippen LogP contribution is -2.36. The number of hydrogen-bond donors (Lipinski definition) is 1. The standard InChI is InChI=1S/C28H29ClN2O7/c1-14(2)38-28(33)25-15(3)30-21-10-17(16-6-9-23(36-4)24(12-16)37-5)11-22(32)27(21)26(25)19-13-18(31(34)35)7-8-20(19)29/h6-9,12-14,17,26,30H,10-11H2,1-5H3/t17-,26+/m1/s1. The Hall–Kier alpha value is -3.85. The summed E-state index contributed by atoms with van der Waals surface area (Å²) in [5, 5.41) is 15.0. The second-order valence-electron chi connectivity index (χ2n) is 9.55. The van der Waals surface area contributed by atoms with Crippen LogP contribution in [0.2, 0.25) is 5.02 Å². The lowest BCUT2D eigenvalue weighted by Gasteiger charge is -2.37. The van der Waals surface area contributed by atoms with Crippen LogP contribution in [0.15, 0.2) is 58.9 Å². The van der Waals surface area contributed by atoms with E-state index in [0.717, 1.165) is 5.56 Å². The number of nitro benzene ring substituents is 1. The summed E-state index contributed by atoms with van der Waals surface area (Å²) in [5.41, 5.74) is 2.74. The van der Waals surface area contributed by atoms with E-state index < -0.39 is 22.9 Å². The minimum atomic E-state index is -0.913. The third kappa shape index (κ3) is 5.11. The molecule has 1 N–H and O–H groups in total. The van der Waals surface area contributed by atoms with Crippen LogP contribution in [0.25, 0.3) is 0 Å². The van der Waals surface area contributed by atoms with Crippen molar-refractivity contribution >= 4 is 29.0 Å². The highest BCUT2D eigenvalue weighted by Gasteiger charge is 2.42. The van der Waals surface area contributed by atoms with Crippen molar-refractivity contribution in [2.24, 2.45) is 0 Å². The molecule has 0 spiro atoms. The Morgan fingerprint density at radius 2 is 1.82 bits per heavy atom. The first-order valence-electron chi connectivity index (χ1n) is 12.2. The van der Waals surface area contributed by atoms with E-state index in [1.807, 2.05) is 12.1 Å². The van der Waals surface area contributed by atoms with Gasteiger partial charge in [-0.2, -0.15) is 0 Å². The number of non-ortho nitro benzene ring substituents is 1. The molecule has 9 nitrogen and oxygen atoms in total. The molecule has 0 amide bonds. The van der Waals surface area contributed by atoms with Crippen LogP contribution in [0.4, 0.5) is 5.69 Å². The van der Waals surface area contributed by atoms with Crippen molar-refractivity contribution in [1.29, 1.82) is 0 Å². The molecule has 0 bridgehead atoms. The normalized spacial score (nSPS) is 19.2. The van der Waals surface area contributed by atoms with Gasteiger partial charge in [0, 0.05) is 46.5 Å². The fraction of sp³-hybridized carbons (Fsp3) is 0.357. The van der Waals surface area contributed by atoms with E-state index in [0.29, 0.717) is 40.5 Å². The van der Waals surface area contributed by atoms with Gasteiger partial charge in [0.15, 0.2) is 17.3 Å². The Morgan fingerprint density at radius 1 is 1.11 bits per heavy atom. The summed E-state index contributed by atoms with van der Waals surface area (Å²) < 4.78 is 16.3. The monoisotopic (exact) mass is 540 g/mol. The zero-order chi connectivity index (χ0) is 27.7. The van der Waals surface area contributed by atoms with Gasteiger partial charge in [0.25, 0.3) is 5.69 Å². The topological polar surface area (TPSA) is 117 Å². The van der Waals surface area contributed by atoms with Crippen molar-refractivity contribution in [3.8, 4) is 11.5 Å². The molecular weight excluding hydrogens is 512 g/mol. The molecule has 1 aliphatic heterocycles. The van der Waals surface area contributed by atoms with Crippen LogP contribution in [0.1, 0.15) is 56.6 Å². The summed E-state index contributed by atoms with van der Waals surface area (Å²) in [6.07, 6.45) is 0.240. The molecule has 2 aromatic rings. The van der Waals surface area contributed by atoms with E-state index >= 15 is 0 Å². The number of rotatable bonds is 7. The maximum absolute atomic E-state index is 13.8. The number of methoxy groups -OCH3 is 2. The average molecular weight is 541 g/mol. The molecule has 2 aliphatic rings. The van der Waals surface area contributed by atoms with Gasteiger partial charge < -0.3 is 19.5 Å². The van der Waals surface area contributed by atoms with E-state index in [2.05, 4.69) is 5.32 Å². The lowest BCUT2D eigenvalue weighted by molar-refractivity contribution is -0.384. The SMILES string of the molecule is COc1ccc([C@H]2CC(=O)C3=C(C2)NC(C)=C(C(=O)OC(C)C)[C@@H]3c2cc([N+](=O)[O-])ccc2Cl)cc1OC. The number of nitrogens with zero attached hydrogens (tertiary/aromatic N) is 1. The highest BCUT2D eigenvalue weighted by atomic mass is 35.5. The highest BCUT2D eigenvalue weighted by Crippen LogP contribution is 2.48. The molecular formula is C28H29ClN2O7. The minimum Gasteiger partial charge on any atom is -0.493 e. The zero-order valence-electron chi connectivity index (χ0n) is 21.8. The Kier molecular flexibility index (Phi) is 7.78. The van der Waals surface area contributed by atoms with Crippen molar-refractivity contribution in [1.82, 2.24) is 5.32 Å². The summed E-state index contributed by atoms with van der Waals surface area (Å²) in [5.74, 6) is -0.727. The second kappa shape index (κ2) is 10.9. The Labute approximate surface area is 225 Å². The average Bonchev–Trinajstić information content (AvgIpc) is 2.86. The van der Waals surface area contributed by atoms with Crippen molar-refractivity contribution < 1.29 is 28.7 Å². The van der Waals surface area contributed by atoms with Gasteiger partial charge in [-0.05, 0) is 62.4 Å². The minimum absolute atomic E-state index is 0.160. The lowest BCUT2D eigenvalue weighted by atomic mass is 9.71. The predicted octanol–water partition coefficient (Wildman–Crippen LogP) is 5.58. The largest absolute Gasteiger partial charge is 0.493 e. The number of dihydropyridines is 1. The first-order valence-corrected chi connectivity index (χ1v) is 12.5. The van der Waals surface area contributed by atoms with E-state index in [9.17, 15) is 19.7 Å². The summed E-state index contributed by atoms with van der Waals surface area (Å²) in [6, 6.07) is 9.59. The molecule has 200 valence electrons. The molecule has 1 heterocycles. The molecule has 10 heteroatoms. The van der Waals surface area contributed by atoms with Gasteiger partial charge in [0.1, 0.15) is 0 Å². The maximum Gasteiger partial charge on any atom is 0.337 e. The van der Waals surface area contributed by atoms with E-state index in [4.69, 9.17) is 25.8 Å². The fourth-order valence-electron chi connectivity index (χ4n) is 5.11. The van der Waals surface area contributed by atoms with E-state index in [1.54, 1.807) is 41.1 Å².